The van der Waals surface area contributed by atoms with E-state index in [0.29, 0.717) is 17.4 Å². The number of hydrogen-bond acceptors (Lipinski definition) is 6. The van der Waals surface area contributed by atoms with E-state index >= 15 is 0 Å². The molecule has 0 bridgehead atoms. The lowest BCUT2D eigenvalue weighted by atomic mass is 10.2. The lowest BCUT2D eigenvalue weighted by Crippen LogP contribution is -2.17. The van der Waals surface area contributed by atoms with Gasteiger partial charge >= 0.3 is 0 Å². The molecule has 2 aromatic rings. The van der Waals surface area contributed by atoms with Crippen LogP contribution in [0.3, 0.4) is 0 Å². The maximum Gasteiger partial charge on any atom is 0.227 e. The van der Waals surface area contributed by atoms with Gasteiger partial charge in [-0.2, -0.15) is 4.98 Å². The Bertz CT molecular complexity index is 626. The third-order valence-corrected chi connectivity index (χ3v) is 2.99. The van der Waals surface area contributed by atoms with Crippen LogP contribution in [0.2, 0.25) is 0 Å². The van der Waals surface area contributed by atoms with Crippen molar-refractivity contribution >= 4 is 22.7 Å². The average molecular weight is 276 g/mol. The number of fused-ring (bicyclic) bond motifs is 1. The summed E-state index contributed by atoms with van der Waals surface area (Å²) in [6.45, 7) is 0. The molecule has 0 aliphatic rings. The van der Waals surface area contributed by atoms with Gasteiger partial charge < -0.3 is 19.3 Å². The first kappa shape index (κ1) is 14.2. The fraction of sp³-hybridized carbons (Fsp3) is 0.429. The number of ether oxygens (including phenoxy) is 2. The van der Waals surface area contributed by atoms with Crippen LogP contribution in [0.25, 0.3) is 10.9 Å². The minimum absolute atomic E-state index is 0.660. The van der Waals surface area contributed by atoms with E-state index in [1.54, 1.807) is 14.2 Å². The third kappa shape index (κ3) is 2.41. The molecule has 1 aromatic heterocycles. The normalized spacial score (nSPS) is 10.5. The largest absolute Gasteiger partial charge is 0.493 e. The summed E-state index contributed by atoms with van der Waals surface area (Å²) in [7, 11) is 11.0. The quantitative estimate of drug-likeness (QED) is 0.848. The van der Waals surface area contributed by atoms with Gasteiger partial charge in [-0.3, -0.25) is 0 Å². The molecule has 1 heterocycles. The summed E-state index contributed by atoms with van der Waals surface area (Å²) in [5.41, 5.74) is 0.824. The molecule has 108 valence electrons. The molecule has 0 aliphatic heterocycles. The SMILES string of the molecule is COc1cc2nc(N(C)C)nc(N(C)C)c2cc1OC. The van der Waals surface area contributed by atoms with E-state index in [0.717, 1.165) is 16.7 Å². The highest BCUT2D eigenvalue weighted by atomic mass is 16.5. The monoisotopic (exact) mass is 276 g/mol. The van der Waals surface area contributed by atoms with Gasteiger partial charge in [-0.1, -0.05) is 0 Å². The molecule has 0 N–H and O–H groups in total. The zero-order chi connectivity index (χ0) is 14.9. The fourth-order valence-electron chi connectivity index (χ4n) is 1.97. The van der Waals surface area contributed by atoms with Gasteiger partial charge in [-0.15, -0.1) is 0 Å². The molecule has 0 fully saturated rings. The maximum absolute atomic E-state index is 5.35. The van der Waals surface area contributed by atoms with Crippen LogP contribution < -0.4 is 19.3 Å². The Hall–Kier alpha value is -2.24. The van der Waals surface area contributed by atoms with Crippen molar-refractivity contribution < 1.29 is 9.47 Å². The van der Waals surface area contributed by atoms with Gasteiger partial charge in [0.1, 0.15) is 5.82 Å². The van der Waals surface area contributed by atoms with Crippen LogP contribution in [0.5, 0.6) is 11.5 Å². The molecule has 1 aromatic carbocycles. The molecular weight excluding hydrogens is 256 g/mol. The van der Waals surface area contributed by atoms with Gasteiger partial charge in [0.05, 0.1) is 19.7 Å². The van der Waals surface area contributed by atoms with E-state index in [9.17, 15) is 0 Å². The van der Waals surface area contributed by atoms with Crippen molar-refractivity contribution in [1.82, 2.24) is 9.97 Å². The van der Waals surface area contributed by atoms with Crippen LogP contribution in [-0.4, -0.2) is 52.4 Å². The van der Waals surface area contributed by atoms with Gasteiger partial charge in [0.2, 0.25) is 5.95 Å². The van der Waals surface area contributed by atoms with Gasteiger partial charge in [0.25, 0.3) is 0 Å². The molecule has 0 amide bonds. The first-order valence-corrected chi connectivity index (χ1v) is 6.26. The molecule has 20 heavy (non-hydrogen) atoms. The van der Waals surface area contributed by atoms with Crippen molar-refractivity contribution in [3.63, 3.8) is 0 Å². The minimum Gasteiger partial charge on any atom is -0.493 e. The number of methoxy groups -OCH3 is 2. The number of aromatic nitrogens is 2. The second kappa shape index (κ2) is 5.40. The van der Waals surface area contributed by atoms with E-state index in [-0.39, 0.29) is 0 Å². The molecule has 0 aliphatic carbocycles. The van der Waals surface area contributed by atoms with Crippen LogP contribution in [0.15, 0.2) is 12.1 Å². The standard InChI is InChI=1S/C14H20N4O2/c1-17(2)13-9-7-11(19-5)12(20-6)8-10(9)15-14(16-13)18(3)4/h7-8H,1-6H3. The van der Waals surface area contributed by atoms with E-state index in [4.69, 9.17) is 9.47 Å². The first-order chi connectivity index (χ1) is 9.47. The number of benzene rings is 1. The van der Waals surface area contributed by atoms with E-state index in [1.165, 1.54) is 0 Å². The van der Waals surface area contributed by atoms with Crippen molar-refractivity contribution in [2.24, 2.45) is 0 Å². The summed E-state index contributed by atoms with van der Waals surface area (Å²) >= 11 is 0. The fourth-order valence-corrected chi connectivity index (χ4v) is 1.97. The molecule has 6 heteroatoms. The molecule has 2 rings (SSSR count). The summed E-state index contributed by atoms with van der Waals surface area (Å²) < 4.78 is 10.7. The highest BCUT2D eigenvalue weighted by Gasteiger charge is 2.14. The van der Waals surface area contributed by atoms with Gasteiger partial charge in [0, 0.05) is 39.6 Å². The van der Waals surface area contributed by atoms with Crippen LogP contribution in [0.4, 0.5) is 11.8 Å². The van der Waals surface area contributed by atoms with E-state index in [2.05, 4.69) is 9.97 Å². The Morgan fingerprint density at radius 2 is 1.45 bits per heavy atom. The third-order valence-electron chi connectivity index (χ3n) is 2.99. The molecule has 0 radical (unpaired) electrons. The number of hydrogen-bond donors (Lipinski definition) is 0. The van der Waals surface area contributed by atoms with Crippen LogP contribution in [-0.2, 0) is 0 Å². The molecule has 0 spiro atoms. The zero-order valence-electron chi connectivity index (χ0n) is 12.8. The molecule has 0 unspecified atom stereocenters. The Balaban J connectivity index is 2.79. The average Bonchev–Trinajstić information content (AvgIpc) is 2.43. The number of rotatable bonds is 4. The van der Waals surface area contributed by atoms with Crippen LogP contribution in [0.1, 0.15) is 0 Å². The highest BCUT2D eigenvalue weighted by molar-refractivity contribution is 5.93. The molecular formula is C14H20N4O2. The molecule has 0 saturated heterocycles. The molecule has 6 nitrogen and oxygen atoms in total. The first-order valence-electron chi connectivity index (χ1n) is 6.26. The van der Waals surface area contributed by atoms with Crippen molar-refractivity contribution in [2.45, 2.75) is 0 Å². The van der Waals surface area contributed by atoms with Crippen LogP contribution in [0, 0.1) is 0 Å². The highest BCUT2D eigenvalue weighted by Crippen LogP contribution is 2.35. The summed E-state index contributed by atoms with van der Waals surface area (Å²) in [5, 5.41) is 0.929. The Kier molecular flexibility index (Phi) is 3.83. The lowest BCUT2D eigenvalue weighted by molar-refractivity contribution is 0.356. The van der Waals surface area contributed by atoms with Gasteiger partial charge in [0.15, 0.2) is 11.5 Å². The topological polar surface area (TPSA) is 50.7 Å². The predicted molar refractivity (Wildman–Crippen MR) is 81.3 cm³/mol. The van der Waals surface area contributed by atoms with Crippen molar-refractivity contribution in [3.8, 4) is 11.5 Å². The summed E-state index contributed by atoms with van der Waals surface area (Å²) in [6, 6.07) is 3.78. The maximum atomic E-state index is 5.35. The smallest absolute Gasteiger partial charge is 0.227 e. The van der Waals surface area contributed by atoms with E-state index < -0.39 is 0 Å². The Labute approximate surface area is 118 Å². The summed E-state index contributed by atoms with van der Waals surface area (Å²) in [4.78, 5) is 13.0. The predicted octanol–water partition coefficient (Wildman–Crippen LogP) is 1.78. The second-order valence-corrected chi connectivity index (χ2v) is 4.86. The lowest BCUT2D eigenvalue weighted by Gasteiger charge is -2.19. The van der Waals surface area contributed by atoms with Crippen molar-refractivity contribution in [1.29, 1.82) is 0 Å². The minimum atomic E-state index is 0.660. The zero-order valence-corrected chi connectivity index (χ0v) is 12.8. The molecule has 0 saturated carbocycles. The second-order valence-electron chi connectivity index (χ2n) is 4.86. The number of anilines is 2. The molecule has 0 atom stereocenters. The number of nitrogens with zero attached hydrogens (tertiary/aromatic N) is 4. The van der Waals surface area contributed by atoms with Crippen molar-refractivity contribution in [2.75, 3.05) is 52.2 Å². The van der Waals surface area contributed by atoms with Crippen LogP contribution >= 0.6 is 0 Å². The summed E-state index contributed by atoms with van der Waals surface area (Å²) in [6.07, 6.45) is 0. The van der Waals surface area contributed by atoms with Gasteiger partial charge in [-0.05, 0) is 6.07 Å². The van der Waals surface area contributed by atoms with Crippen molar-refractivity contribution in [3.05, 3.63) is 12.1 Å². The van der Waals surface area contributed by atoms with E-state index in [1.807, 2.05) is 50.1 Å². The summed E-state index contributed by atoms with van der Waals surface area (Å²) in [5.74, 6) is 2.84. The Morgan fingerprint density at radius 3 is 1.95 bits per heavy atom. The Morgan fingerprint density at radius 1 is 0.850 bits per heavy atom. The van der Waals surface area contributed by atoms with Gasteiger partial charge in [-0.25, -0.2) is 4.98 Å².